The minimum atomic E-state index is -0.689. The normalized spacial score (nSPS) is 20.2. The molecule has 2 aliphatic heterocycles. The van der Waals surface area contributed by atoms with Gasteiger partial charge in [-0.3, -0.25) is 15.0 Å². The Hall–Kier alpha value is -2.46. The highest BCUT2D eigenvalue weighted by atomic mass is 79.9. The molecule has 1 aromatic heterocycles. The van der Waals surface area contributed by atoms with Gasteiger partial charge in [-0.05, 0) is 47.3 Å². The third kappa shape index (κ3) is 4.57. The lowest BCUT2D eigenvalue weighted by atomic mass is 10.0. The lowest BCUT2D eigenvalue weighted by Crippen LogP contribution is -2.32. The Balaban J connectivity index is 1.38. The molecule has 2 atom stereocenters. The number of thioether (sulfide) groups is 1. The summed E-state index contributed by atoms with van der Waals surface area (Å²) in [5.74, 6) is -0.643. The standard InChI is InChI=1S/C24H18BrClN4O2S2/c25-15-8-6-14(7-9-15)19-12-18(20-5-2-10-33-20)28-30(19)24(27)34-21-13-22(31)29(23(21)32)17-4-1-3-16(26)11-17/h1-11,19,21,27H,12-13H2/t19-,21+/m0/s1. The lowest BCUT2D eigenvalue weighted by molar-refractivity contribution is -0.121. The smallest absolute Gasteiger partial charge is 0.247 e. The number of anilines is 1. The van der Waals surface area contributed by atoms with Crippen LogP contribution in [0.25, 0.3) is 0 Å². The van der Waals surface area contributed by atoms with E-state index in [9.17, 15) is 9.59 Å². The Morgan fingerprint density at radius 1 is 1.12 bits per heavy atom. The molecule has 2 amide bonds. The van der Waals surface area contributed by atoms with Gasteiger partial charge in [0.15, 0.2) is 5.17 Å². The summed E-state index contributed by atoms with van der Waals surface area (Å²) >= 11 is 12.2. The van der Waals surface area contributed by atoms with Crippen LogP contribution in [0.2, 0.25) is 5.02 Å². The number of thiophene rings is 1. The first-order valence-electron chi connectivity index (χ1n) is 10.4. The van der Waals surface area contributed by atoms with Gasteiger partial charge in [0.05, 0.1) is 22.3 Å². The van der Waals surface area contributed by atoms with Crippen LogP contribution in [-0.4, -0.2) is 33.0 Å². The Bertz CT molecular complexity index is 1300. The van der Waals surface area contributed by atoms with Crippen molar-refractivity contribution in [1.29, 1.82) is 5.41 Å². The maximum Gasteiger partial charge on any atom is 0.247 e. The molecule has 0 radical (unpaired) electrons. The number of rotatable bonds is 4. The summed E-state index contributed by atoms with van der Waals surface area (Å²) in [6, 6.07) is 18.5. The topological polar surface area (TPSA) is 76.8 Å². The molecule has 1 fully saturated rings. The maximum absolute atomic E-state index is 13.1. The predicted molar refractivity (Wildman–Crippen MR) is 142 cm³/mol. The Labute approximate surface area is 218 Å². The van der Waals surface area contributed by atoms with Crippen LogP contribution in [0.4, 0.5) is 5.69 Å². The van der Waals surface area contributed by atoms with Gasteiger partial charge in [-0.1, -0.05) is 63.6 Å². The van der Waals surface area contributed by atoms with Crippen molar-refractivity contribution in [2.45, 2.75) is 24.1 Å². The Kier molecular flexibility index (Phi) is 6.61. The fourth-order valence-electron chi connectivity index (χ4n) is 4.01. The van der Waals surface area contributed by atoms with Crippen molar-refractivity contribution >= 4 is 79.0 Å². The third-order valence-corrected chi connectivity index (χ3v) is 8.35. The first-order valence-corrected chi connectivity index (χ1v) is 13.4. The van der Waals surface area contributed by atoms with Crippen molar-refractivity contribution in [2.75, 3.05) is 4.90 Å². The number of hydrogen-bond acceptors (Lipinski definition) is 6. The summed E-state index contributed by atoms with van der Waals surface area (Å²) in [5, 5.41) is 17.2. The van der Waals surface area contributed by atoms with E-state index in [1.807, 2.05) is 41.8 Å². The van der Waals surface area contributed by atoms with E-state index in [4.69, 9.17) is 22.1 Å². The van der Waals surface area contributed by atoms with Gasteiger partial charge in [0.25, 0.3) is 0 Å². The summed E-state index contributed by atoms with van der Waals surface area (Å²) in [5.41, 5.74) is 2.38. The molecule has 5 rings (SSSR count). The first-order chi connectivity index (χ1) is 16.4. The summed E-state index contributed by atoms with van der Waals surface area (Å²) in [4.78, 5) is 28.0. The number of carbonyl (C=O) groups is 2. The predicted octanol–water partition coefficient (Wildman–Crippen LogP) is 6.32. The zero-order chi connectivity index (χ0) is 23.8. The minimum absolute atomic E-state index is 0.0245. The molecule has 0 bridgehead atoms. The van der Waals surface area contributed by atoms with Crippen molar-refractivity contribution in [3.8, 4) is 0 Å². The number of hydrazone groups is 1. The largest absolute Gasteiger partial charge is 0.277 e. The van der Waals surface area contributed by atoms with E-state index in [0.29, 0.717) is 17.1 Å². The molecule has 2 aromatic carbocycles. The van der Waals surface area contributed by atoms with Gasteiger partial charge in [0.1, 0.15) is 5.25 Å². The molecule has 172 valence electrons. The van der Waals surface area contributed by atoms with E-state index in [-0.39, 0.29) is 29.4 Å². The van der Waals surface area contributed by atoms with Gasteiger partial charge < -0.3 is 0 Å². The Morgan fingerprint density at radius 2 is 1.91 bits per heavy atom. The highest BCUT2D eigenvalue weighted by Gasteiger charge is 2.42. The van der Waals surface area contributed by atoms with Crippen LogP contribution in [-0.2, 0) is 9.59 Å². The van der Waals surface area contributed by atoms with Crippen LogP contribution < -0.4 is 4.90 Å². The SMILES string of the molecule is N=C(S[C@@H]1CC(=O)N(c2cccc(Cl)c2)C1=O)N1N=C(c2cccs2)C[C@H]1c1ccc(Br)cc1. The van der Waals surface area contributed by atoms with E-state index in [0.717, 1.165) is 37.3 Å². The highest BCUT2D eigenvalue weighted by molar-refractivity contribution is 9.10. The van der Waals surface area contributed by atoms with E-state index in [1.165, 1.54) is 0 Å². The number of carbonyl (C=O) groups excluding carboxylic acids is 2. The molecule has 3 aromatic rings. The van der Waals surface area contributed by atoms with Gasteiger partial charge in [0.2, 0.25) is 11.8 Å². The van der Waals surface area contributed by atoms with Gasteiger partial charge in [-0.2, -0.15) is 5.10 Å². The zero-order valence-electron chi connectivity index (χ0n) is 17.7. The second kappa shape index (κ2) is 9.65. The number of nitrogens with one attached hydrogen (secondary N) is 1. The number of hydrogen-bond donors (Lipinski definition) is 1. The Morgan fingerprint density at radius 3 is 2.62 bits per heavy atom. The monoisotopic (exact) mass is 572 g/mol. The molecule has 1 saturated heterocycles. The van der Waals surface area contributed by atoms with Crippen LogP contribution >= 0.6 is 50.6 Å². The summed E-state index contributed by atoms with van der Waals surface area (Å²) < 4.78 is 0.973. The van der Waals surface area contributed by atoms with Crippen LogP contribution in [0.1, 0.15) is 29.3 Å². The number of halogens is 2. The van der Waals surface area contributed by atoms with Crippen LogP contribution in [0, 0.1) is 5.41 Å². The molecule has 0 spiro atoms. The highest BCUT2D eigenvalue weighted by Crippen LogP contribution is 2.38. The molecule has 0 aliphatic carbocycles. The fourth-order valence-corrected chi connectivity index (χ4v) is 6.15. The first kappa shape index (κ1) is 23.3. The van der Waals surface area contributed by atoms with E-state index in [1.54, 1.807) is 40.6 Å². The summed E-state index contributed by atoms with van der Waals surface area (Å²) in [6.45, 7) is 0. The van der Waals surface area contributed by atoms with E-state index >= 15 is 0 Å². The number of amides is 2. The molecular formula is C24H18BrClN4O2S2. The van der Waals surface area contributed by atoms with Crippen molar-refractivity contribution in [3.63, 3.8) is 0 Å². The second-order valence-electron chi connectivity index (χ2n) is 7.80. The lowest BCUT2D eigenvalue weighted by Gasteiger charge is -2.24. The summed E-state index contributed by atoms with van der Waals surface area (Å²) in [7, 11) is 0. The van der Waals surface area contributed by atoms with Crippen molar-refractivity contribution in [2.24, 2.45) is 5.10 Å². The quantitative estimate of drug-likeness (QED) is 0.225. The van der Waals surface area contributed by atoms with Gasteiger partial charge in [-0.15, -0.1) is 11.3 Å². The second-order valence-corrected chi connectivity index (χ2v) is 11.3. The van der Waals surface area contributed by atoms with Crippen LogP contribution in [0.5, 0.6) is 0 Å². The van der Waals surface area contributed by atoms with Crippen molar-refractivity contribution < 1.29 is 9.59 Å². The van der Waals surface area contributed by atoms with Crippen LogP contribution in [0.15, 0.2) is 75.6 Å². The van der Waals surface area contributed by atoms with Crippen LogP contribution in [0.3, 0.4) is 0 Å². The molecule has 3 heterocycles. The fraction of sp³-hybridized carbons (Fsp3) is 0.167. The molecular weight excluding hydrogens is 556 g/mol. The zero-order valence-corrected chi connectivity index (χ0v) is 21.6. The molecule has 10 heteroatoms. The van der Waals surface area contributed by atoms with Gasteiger partial charge >= 0.3 is 0 Å². The van der Waals surface area contributed by atoms with E-state index < -0.39 is 5.25 Å². The number of nitrogens with zero attached hydrogens (tertiary/aromatic N) is 3. The van der Waals surface area contributed by atoms with Crippen molar-refractivity contribution in [1.82, 2.24) is 5.01 Å². The number of benzene rings is 2. The van der Waals surface area contributed by atoms with Gasteiger partial charge in [0, 0.05) is 22.3 Å². The number of amidine groups is 1. The molecule has 0 saturated carbocycles. The average Bonchev–Trinajstić information content (AvgIpc) is 3.54. The molecule has 34 heavy (non-hydrogen) atoms. The van der Waals surface area contributed by atoms with Gasteiger partial charge in [-0.25, -0.2) is 9.91 Å². The maximum atomic E-state index is 13.1. The molecule has 2 aliphatic rings. The third-order valence-electron chi connectivity index (χ3n) is 5.60. The molecule has 0 unspecified atom stereocenters. The minimum Gasteiger partial charge on any atom is -0.277 e. The van der Waals surface area contributed by atoms with E-state index in [2.05, 4.69) is 15.9 Å². The number of imide groups is 1. The molecule has 1 N–H and O–H groups in total. The average molecular weight is 574 g/mol. The summed E-state index contributed by atoms with van der Waals surface area (Å²) in [6.07, 6.45) is 0.675. The van der Waals surface area contributed by atoms with Crippen molar-refractivity contribution in [3.05, 3.63) is 86.0 Å². The molecule has 6 nitrogen and oxygen atoms in total.